The van der Waals surface area contributed by atoms with Gasteiger partial charge in [-0.15, -0.1) is 0 Å². The monoisotopic (exact) mass is 401 g/mol. The van der Waals surface area contributed by atoms with Crippen molar-refractivity contribution in [3.8, 4) is 5.75 Å². The smallest absolute Gasteiger partial charge is 0.254 e. The Kier molecular flexibility index (Phi) is 7.67. The molecule has 156 valence electrons. The minimum Gasteiger partial charge on any atom is -0.489 e. The fourth-order valence-electron chi connectivity index (χ4n) is 3.42. The van der Waals surface area contributed by atoms with Crippen LogP contribution in [0.3, 0.4) is 0 Å². The maximum absolute atomic E-state index is 13.2. The van der Waals surface area contributed by atoms with Gasteiger partial charge in [-0.2, -0.15) is 0 Å². The summed E-state index contributed by atoms with van der Waals surface area (Å²) in [4.78, 5) is 15.1. The number of carbonyl (C=O) groups is 1. The zero-order valence-corrected chi connectivity index (χ0v) is 18.2. The lowest BCUT2D eigenvalue weighted by Gasteiger charge is -2.25. The van der Waals surface area contributed by atoms with Gasteiger partial charge < -0.3 is 9.64 Å². The van der Waals surface area contributed by atoms with Crippen molar-refractivity contribution in [2.24, 2.45) is 5.92 Å². The van der Waals surface area contributed by atoms with Gasteiger partial charge in [0.2, 0.25) is 0 Å². The lowest BCUT2D eigenvalue weighted by atomic mass is 10.1. The van der Waals surface area contributed by atoms with Crippen LogP contribution in [-0.2, 0) is 19.6 Å². The van der Waals surface area contributed by atoms with E-state index in [2.05, 4.69) is 39.0 Å². The van der Waals surface area contributed by atoms with Gasteiger partial charge in [-0.1, -0.05) is 75.4 Å². The number of nitrogens with zero attached hydrogens (tertiary/aromatic N) is 1. The molecular weight excluding hydrogens is 370 g/mol. The lowest BCUT2D eigenvalue weighted by Crippen LogP contribution is -2.33. The number of rotatable bonds is 9. The first kappa shape index (κ1) is 21.6. The van der Waals surface area contributed by atoms with Crippen LogP contribution in [0.4, 0.5) is 0 Å². The summed E-state index contributed by atoms with van der Waals surface area (Å²) in [6, 6.07) is 26.1. The summed E-state index contributed by atoms with van der Waals surface area (Å²) < 4.78 is 5.96. The van der Waals surface area contributed by atoms with Crippen molar-refractivity contribution in [2.45, 2.75) is 40.3 Å². The molecule has 3 rings (SSSR count). The minimum absolute atomic E-state index is 0.0713. The van der Waals surface area contributed by atoms with Crippen LogP contribution in [0.2, 0.25) is 0 Å². The molecule has 0 atom stereocenters. The summed E-state index contributed by atoms with van der Waals surface area (Å²) in [5.41, 5.74) is 4.18. The van der Waals surface area contributed by atoms with E-state index in [9.17, 15) is 4.79 Å². The maximum atomic E-state index is 13.2. The highest BCUT2D eigenvalue weighted by molar-refractivity contribution is 5.94. The molecular formula is C27H31NO2. The van der Waals surface area contributed by atoms with Crippen LogP contribution in [0.5, 0.6) is 5.75 Å². The average molecular weight is 402 g/mol. The molecule has 0 unspecified atom stereocenters. The molecule has 0 N–H and O–H groups in total. The topological polar surface area (TPSA) is 29.5 Å². The molecule has 0 saturated heterocycles. The van der Waals surface area contributed by atoms with Gasteiger partial charge in [-0.3, -0.25) is 4.79 Å². The van der Waals surface area contributed by atoms with E-state index < -0.39 is 0 Å². The number of benzene rings is 3. The molecule has 0 aromatic heterocycles. The first-order valence-corrected chi connectivity index (χ1v) is 10.7. The molecule has 3 aromatic carbocycles. The highest BCUT2D eigenvalue weighted by Crippen LogP contribution is 2.19. The average Bonchev–Trinajstić information content (AvgIpc) is 2.77. The quantitative estimate of drug-likeness (QED) is 0.432. The van der Waals surface area contributed by atoms with Crippen molar-refractivity contribution < 1.29 is 9.53 Å². The van der Waals surface area contributed by atoms with Crippen molar-refractivity contribution in [3.05, 3.63) is 101 Å². The Morgan fingerprint density at radius 3 is 2.23 bits per heavy atom. The van der Waals surface area contributed by atoms with Crippen molar-refractivity contribution >= 4 is 5.91 Å². The molecule has 0 aliphatic heterocycles. The van der Waals surface area contributed by atoms with E-state index in [1.165, 1.54) is 5.56 Å². The second kappa shape index (κ2) is 10.6. The SMILES string of the molecule is CCc1ccc(C(=O)N(Cc2cccc(OCc3ccccc3)c2)CC(C)C)cc1. The van der Waals surface area contributed by atoms with Gasteiger partial charge in [0.1, 0.15) is 12.4 Å². The summed E-state index contributed by atoms with van der Waals surface area (Å²) in [6.07, 6.45) is 0.972. The van der Waals surface area contributed by atoms with Gasteiger partial charge in [0.05, 0.1) is 0 Å². The molecule has 30 heavy (non-hydrogen) atoms. The second-order valence-corrected chi connectivity index (χ2v) is 8.05. The first-order chi connectivity index (χ1) is 14.5. The van der Waals surface area contributed by atoms with E-state index in [1.54, 1.807) is 0 Å². The van der Waals surface area contributed by atoms with Gasteiger partial charge in [0.15, 0.2) is 0 Å². The van der Waals surface area contributed by atoms with Crippen molar-refractivity contribution in [2.75, 3.05) is 6.54 Å². The number of hydrogen-bond acceptors (Lipinski definition) is 2. The summed E-state index contributed by atoms with van der Waals surface area (Å²) in [5, 5.41) is 0. The maximum Gasteiger partial charge on any atom is 0.254 e. The molecule has 0 bridgehead atoms. The third kappa shape index (κ3) is 6.21. The van der Waals surface area contributed by atoms with Gasteiger partial charge in [-0.05, 0) is 53.3 Å². The van der Waals surface area contributed by atoms with Crippen LogP contribution in [0.25, 0.3) is 0 Å². The Morgan fingerprint density at radius 1 is 0.867 bits per heavy atom. The van der Waals surface area contributed by atoms with E-state index in [-0.39, 0.29) is 5.91 Å². The molecule has 0 saturated carbocycles. The predicted octanol–water partition coefficient (Wildman–Crippen LogP) is 6.13. The molecule has 3 nitrogen and oxygen atoms in total. The molecule has 3 heteroatoms. The van der Waals surface area contributed by atoms with E-state index in [4.69, 9.17) is 4.74 Å². The van der Waals surface area contributed by atoms with Gasteiger partial charge in [0.25, 0.3) is 5.91 Å². The number of hydrogen-bond donors (Lipinski definition) is 0. The lowest BCUT2D eigenvalue weighted by molar-refractivity contribution is 0.0722. The molecule has 0 spiro atoms. The standard InChI is InChI=1S/C27H31NO2/c1-4-22-13-15-25(16-14-22)27(29)28(18-21(2)3)19-24-11-8-12-26(17-24)30-20-23-9-6-5-7-10-23/h5-17,21H,4,18-20H2,1-3H3. The van der Waals surface area contributed by atoms with Crippen molar-refractivity contribution in [3.63, 3.8) is 0 Å². The number of carbonyl (C=O) groups excluding carboxylic acids is 1. The molecule has 0 aliphatic carbocycles. The molecule has 0 aliphatic rings. The van der Waals surface area contributed by atoms with E-state index in [1.807, 2.05) is 65.6 Å². The van der Waals surface area contributed by atoms with E-state index in [0.29, 0.717) is 25.6 Å². The van der Waals surface area contributed by atoms with Crippen LogP contribution >= 0.6 is 0 Å². The van der Waals surface area contributed by atoms with Crippen LogP contribution in [0, 0.1) is 5.92 Å². The molecule has 1 amide bonds. The predicted molar refractivity (Wildman–Crippen MR) is 123 cm³/mol. The van der Waals surface area contributed by atoms with Gasteiger partial charge in [-0.25, -0.2) is 0 Å². The van der Waals surface area contributed by atoms with Crippen LogP contribution in [-0.4, -0.2) is 17.4 Å². The van der Waals surface area contributed by atoms with Crippen LogP contribution in [0.1, 0.15) is 47.8 Å². The van der Waals surface area contributed by atoms with Gasteiger partial charge >= 0.3 is 0 Å². The van der Waals surface area contributed by atoms with Crippen LogP contribution < -0.4 is 4.74 Å². The molecule has 3 aromatic rings. The largest absolute Gasteiger partial charge is 0.489 e. The Balaban J connectivity index is 1.71. The van der Waals surface area contributed by atoms with Gasteiger partial charge in [0, 0.05) is 18.7 Å². The summed E-state index contributed by atoms with van der Waals surface area (Å²) >= 11 is 0. The first-order valence-electron chi connectivity index (χ1n) is 10.7. The number of aryl methyl sites for hydroxylation is 1. The summed E-state index contributed by atoms with van der Waals surface area (Å²) in [6.45, 7) is 8.20. The summed E-state index contributed by atoms with van der Waals surface area (Å²) in [7, 11) is 0. The zero-order valence-electron chi connectivity index (χ0n) is 18.2. The summed E-state index contributed by atoms with van der Waals surface area (Å²) in [5.74, 6) is 1.28. The van der Waals surface area contributed by atoms with Crippen molar-refractivity contribution in [1.82, 2.24) is 4.90 Å². The number of amides is 1. The fraction of sp³-hybridized carbons (Fsp3) is 0.296. The third-order valence-electron chi connectivity index (χ3n) is 5.00. The zero-order chi connectivity index (χ0) is 21.3. The Bertz CT molecular complexity index is 933. The number of ether oxygens (including phenoxy) is 1. The third-order valence-corrected chi connectivity index (χ3v) is 5.00. The van der Waals surface area contributed by atoms with Crippen molar-refractivity contribution in [1.29, 1.82) is 0 Å². The Hall–Kier alpha value is -3.07. The van der Waals surface area contributed by atoms with E-state index >= 15 is 0 Å². The highest BCUT2D eigenvalue weighted by atomic mass is 16.5. The Morgan fingerprint density at radius 2 is 1.57 bits per heavy atom. The molecule has 0 heterocycles. The van der Waals surface area contributed by atoms with E-state index in [0.717, 1.165) is 28.9 Å². The van der Waals surface area contributed by atoms with Crippen LogP contribution in [0.15, 0.2) is 78.9 Å². The molecule has 0 radical (unpaired) electrons. The normalized spacial score (nSPS) is 10.8. The molecule has 0 fully saturated rings. The fourth-order valence-corrected chi connectivity index (χ4v) is 3.42. The second-order valence-electron chi connectivity index (χ2n) is 8.05. The highest BCUT2D eigenvalue weighted by Gasteiger charge is 2.17. The minimum atomic E-state index is 0.0713. The Labute approximate surface area is 180 Å².